The Hall–Kier alpha value is -3.34. The number of aromatic nitrogens is 2. The molecule has 0 unspecified atom stereocenters. The quantitative estimate of drug-likeness (QED) is 0.365. The van der Waals surface area contributed by atoms with E-state index in [9.17, 15) is 19.2 Å². The van der Waals surface area contributed by atoms with Crippen LogP contribution in [0.2, 0.25) is 0 Å². The van der Waals surface area contributed by atoms with E-state index in [0.717, 1.165) is 6.42 Å². The van der Waals surface area contributed by atoms with Gasteiger partial charge in [-0.1, -0.05) is 37.7 Å². The van der Waals surface area contributed by atoms with Crippen LogP contribution in [0.3, 0.4) is 0 Å². The molecule has 3 N–H and O–H groups in total. The van der Waals surface area contributed by atoms with Crippen LogP contribution < -0.4 is 16.0 Å². The minimum absolute atomic E-state index is 0.0945. The molecular weight excluding hydrogens is 434 g/mol. The summed E-state index contributed by atoms with van der Waals surface area (Å²) in [6.07, 6.45) is 4.19. The normalized spacial score (nSPS) is 10.5. The number of aryl methyl sites for hydroxylation is 1. The Balaban J connectivity index is 1.83. The van der Waals surface area contributed by atoms with Crippen molar-refractivity contribution in [2.24, 2.45) is 13.0 Å². The Morgan fingerprint density at radius 1 is 1.16 bits per heavy atom. The maximum absolute atomic E-state index is 12.4. The molecule has 0 aliphatic carbocycles. The second-order valence-electron chi connectivity index (χ2n) is 7.27. The van der Waals surface area contributed by atoms with E-state index in [1.54, 1.807) is 35.2 Å². The molecule has 11 heteroatoms. The summed E-state index contributed by atoms with van der Waals surface area (Å²) >= 11 is 1.25. The summed E-state index contributed by atoms with van der Waals surface area (Å²) in [4.78, 5) is 52.3. The molecule has 2 rings (SSSR count). The fraction of sp³-hybridized carbons (Fsp3) is 0.381. The summed E-state index contributed by atoms with van der Waals surface area (Å²) in [6.45, 7) is 3.84. The maximum Gasteiger partial charge on any atom is 0.340 e. The number of thioether (sulfide) groups is 1. The highest BCUT2D eigenvalue weighted by atomic mass is 32.2. The number of amides is 4. The van der Waals surface area contributed by atoms with Gasteiger partial charge in [0.2, 0.25) is 5.91 Å². The largest absolute Gasteiger partial charge is 0.452 e. The van der Waals surface area contributed by atoms with E-state index in [1.807, 2.05) is 20.9 Å². The van der Waals surface area contributed by atoms with Crippen molar-refractivity contribution in [3.63, 3.8) is 0 Å². The number of carbonyl (C=O) groups is 4. The maximum atomic E-state index is 12.4. The lowest BCUT2D eigenvalue weighted by molar-refractivity contribution is -0.123. The second-order valence-corrected chi connectivity index (χ2v) is 8.21. The highest BCUT2D eigenvalue weighted by Crippen LogP contribution is 2.18. The number of imide groups is 1. The van der Waals surface area contributed by atoms with Gasteiger partial charge in [0.1, 0.15) is 0 Å². The Morgan fingerprint density at radius 2 is 1.91 bits per heavy atom. The smallest absolute Gasteiger partial charge is 0.340 e. The third kappa shape index (κ3) is 8.42. The van der Waals surface area contributed by atoms with Gasteiger partial charge < -0.3 is 19.9 Å². The van der Waals surface area contributed by atoms with Crippen LogP contribution in [0, 0.1) is 5.92 Å². The van der Waals surface area contributed by atoms with Crippen LogP contribution >= 0.6 is 11.8 Å². The first-order valence-electron chi connectivity index (χ1n) is 10.00. The third-order valence-corrected chi connectivity index (χ3v) is 5.18. The molecule has 0 aliphatic heterocycles. The van der Waals surface area contributed by atoms with Gasteiger partial charge in [-0.25, -0.2) is 14.6 Å². The van der Waals surface area contributed by atoms with Gasteiger partial charge in [-0.2, -0.15) is 0 Å². The zero-order valence-corrected chi connectivity index (χ0v) is 19.0. The lowest BCUT2D eigenvalue weighted by Gasteiger charge is -2.11. The number of ether oxygens (including phenoxy) is 1. The van der Waals surface area contributed by atoms with Crippen molar-refractivity contribution in [2.75, 3.05) is 24.2 Å². The molecule has 0 fully saturated rings. The highest BCUT2D eigenvalue weighted by Gasteiger charge is 2.17. The molecule has 4 amide bonds. The monoisotopic (exact) mass is 461 g/mol. The van der Waals surface area contributed by atoms with E-state index in [-0.39, 0.29) is 22.9 Å². The van der Waals surface area contributed by atoms with Crippen LogP contribution in [0.25, 0.3) is 0 Å². The van der Waals surface area contributed by atoms with Crippen molar-refractivity contribution >= 4 is 41.3 Å². The van der Waals surface area contributed by atoms with Gasteiger partial charge >= 0.3 is 12.0 Å². The van der Waals surface area contributed by atoms with Gasteiger partial charge in [0.25, 0.3) is 5.91 Å². The number of benzene rings is 1. The number of carbonyl (C=O) groups excluding carboxylic acids is 4. The molecule has 1 aromatic heterocycles. The Kier molecular flexibility index (Phi) is 9.74. The lowest BCUT2D eigenvalue weighted by Crippen LogP contribution is -2.42. The molecule has 1 aromatic carbocycles. The van der Waals surface area contributed by atoms with E-state index < -0.39 is 24.5 Å². The van der Waals surface area contributed by atoms with Crippen molar-refractivity contribution < 1.29 is 23.9 Å². The molecule has 32 heavy (non-hydrogen) atoms. The van der Waals surface area contributed by atoms with Gasteiger partial charge in [-0.15, -0.1) is 0 Å². The summed E-state index contributed by atoms with van der Waals surface area (Å²) in [7, 11) is 1.82. The molecule has 172 valence electrons. The number of urea groups is 1. The van der Waals surface area contributed by atoms with Gasteiger partial charge in [0.15, 0.2) is 11.8 Å². The number of nitrogens with zero attached hydrogens (tertiary/aromatic N) is 2. The molecule has 0 bridgehead atoms. The average molecular weight is 462 g/mol. The molecule has 10 nitrogen and oxygen atoms in total. The summed E-state index contributed by atoms with van der Waals surface area (Å²) in [5.74, 6) is -1.36. The van der Waals surface area contributed by atoms with Crippen LogP contribution in [0.4, 0.5) is 10.5 Å². The second kappa shape index (κ2) is 12.5. The fourth-order valence-corrected chi connectivity index (χ4v) is 3.20. The Labute approximate surface area is 190 Å². The molecule has 0 saturated carbocycles. The standard InChI is InChI=1S/C21H27N5O5S/c1-14(2)8-9-22-20(30)25-17(27)12-31-19(29)15-6-4-5-7-16(15)24-18(28)13-32-21-23-10-11-26(21)3/h4-7,10-11,14H,8-9,12-13H2,1-3H3,(H,24,28)(H2,22,25,27,30). The van der Waals surface area contributed by atoms with Crippen molar-refractivity contribution in [1.82, 2.24) is 20.2 Å². The Bertz CT molecular complexity index is 960. The van der Waals surface area contributed by atoms with E-state index in [2.05, 4.69) is 20.9 Å². The molecule has 0 spiro atoms. The fourth-order valence-electron chi connectivity index (χ4n) is 2.47. The molecule has 0 atom stereocenters. The summed E-state index contributed by atoms with van der Waals surface area (Å²) in [5.41, 5.74) is 0.354. The van der Waals surface area contributed by atoms with Crippen LogP contribution in [0.5, 0.6) is 0 Å². The molecule has 0 aliphatic rings. The SMILES string of the molecule is CC(C)CCNC(=O)NC(=O)COC(=O)c1ccccc1NC(=O)CSc1nccn1C. The highest BCUT2D eigenvalue weighted by molar-refractivity contribution is 7.99. The molecular formula is C21H27N5O5S. The number of para-hydroxylation sites is 1. The predicted molar refractivity (Wildman–Crippen MR) is 120 cm³/mol. The summed E-state index contributed by atoms with van der Waals surface area (Å²) < 4.78 is 6.78. The lowest BCUT2D eigenvalue weighted by atomic mass is 10.1. The van der Waals surface area contributed by atoms with Crippen molar-refractivity contribution in [1.29, 1.82) is 0 Å². The first-order valence-corrected chi connectivity index (χ1v) is 11.0. The van der Waals surface area contributed by atoms with Crippen LogP contribution in [0.15, 0.2) is 41.8 Å². The first kappa shape index (κ1) is 24.9. The van der Waals surface area contributed by atoms with E-state index in [0.29, 0.717) is 17.6 Å². The number of nitrogens with one attached hydrogen (secondary N) is 3. The van der Waals surface area contributed by atoms with Crippen LogP contribution in [-0.4, -0.2) is 52.3 Å². The Morgan fingerprint density at radius 3 is 2.59 bits per heavy atom. The zero-order valence-electron chi connectivity index (χ0n) is 18.2. The van der Waals surface area contributed by atoms with Gasteiger partial charge in [0, 0.05) is 26.0 Å². The van der Waals surface area contributed by atoms with Crippen molar-refractivity contribution in [3.8, 4) is 0 Å². The number of anilines is 1. The first-order chi connectivity index (χ1) is 15.3. The molecule has 0 saturated heterocycles. The van der Waals surface area contributed by atoms with Gasteiger partial charge in [0.05, 0.1) is 17.0 Å². The van der Waals surface area contributed by atoms with Crippen molar-refractivity contribution in [2.45, 2.75) is 25.4 Å². The van der Waals surface area contributed by atoms with Crippen LogP contribution in [0.1, 0.15) is 30.6 Å². The van der Waals surface area contributed by atoms with Crippen molar-refractivity contribution in [3.05, 3.63) is 42.2 Å². The third-order valence-electron chi connectivity index (χ3n) is 4.12. The number of hydrogen-bond acceptors (Lipinski definition) is 7. The minimum atomic E-state index is -0.798. The molecule has 0 radical (unpaired) electrons. The zero-order chi connectivity index (χ0) is 23.5. The summed E-state index contributed by atoms with van der Waals surface area (Å²) in [6, 6.07) is 5.65. The number of imidazole rings is 1. The predicted octanol–water partition coefficient (Wildman–Crippen LogP) is 2.18. The van der Waals surface area contributed by atoms with E-state index >= 15 is 0 Å². The van der Waals surface area contributed by atoms with Gasteiger partial charge in [-0.05, 0) is 24.5 Å². The average Bonchev–Trinajstić information content (AvgIpc) is 3.15. The molecule has 1 heterocycles. The van der Waals surface area contributed by atoms with Crippen LogP contribution in [-0.2, 0) is 21.4 Å². The van der Waals surface area contributed by atoms with E-state index in [1.165, 1.54) is 17.8 Å². The minimum Gasteiger partial charge on any atom is -0.452 e. The summed E-state index contributed by atoms with van der Waals surface area (Å²) in [5, 5.41) is 8.00. The van der Waals surface area contributed by atoms with E-state index in [4.69, 9.17) is 4.74 Å². The number of esters is 1. The number of rotatable bonds is 10. The topological polar surface area (TPSA) is 131 Å². The number of hydrogen-bond donors (Lipinski definition) is 3. The molecule has 2 aromatic rings. The van der Waals surface area contributed by atoms with Gasteiger partial charge in [-0.3, -0.25) is 14.9 Å².